The molecule has 1 heterocycles. The van der Waals surface area contributed by atoms with E-state index in [4.69, 9.17) is 27.9 Å². The van der Waals surface area contributed by atoms with E-state index >= 15 is 0 Å². The minimum Gasteiger partial charge on any atom is -0.473 e. The van der Waals surface area contributed by atoms with Gasteiger partial charge in [-0.25, -0.2) is 4.98 Å². The van der Waals surface area contributed by atoms with Gasteiger partial charge in [-0.15, -0.1) is 0 Å². The summed E-state index contributed by atoms with van der Waals surface area (Å²) in [6, 6.07) is 13.0. The van der Waals surface area contributed by atoms with Crippen LogP contribution in [0, 0.1) is 0 Å². The molecule has 0 aliphatic carbocycles. The van der Waals surface area contributed by atoms with Gasteiger partial charge in [-0.3, -0.25) is 0 Å². The van der Waals surface area contributed by atoms with Gasteiger partial charge in [0.25, 0.3) is 0 Å². The van der Waals surface area contributed by atoms with Gasteiger partial charge < -0.3 is 4.74 Å². The zero-order chi connectivity index (χ0) is 11.4. The molecule has 0 saturated heterocycles. The Hall–Kier alpha value is -1.25. The van der Waals surface area contributed by atoms with Crippen molar-refractivity contribution in [1.82, 2.24) is 4.98 Å². The van der Waals surface area contributed by atoms with Crippen LogP contribution in [-0.4, -0.2) is 4.98 Å². The topological polar surface area (TPSA) is 22.1 Å². The lowest BCUT2D eigenvalue weighted by Gasteiger charge is -2.05. The number of halogens is 2. The fourth-order valence-electron chi connectivity index (χ4n) is 1.25. The molecule has 82 valence electrons. The molecule has 0 spiro atoms. The molecule has 0 aliphatic rings. The highest BCUT2D eigenvalue weighted by Gasteiger charge is 2.01. The molecule has 0 unspecified atom stereocenters. The highest BCUT2D eigenvalue weighted by atomic mass is 35.5. The van der Waals surface area contributed by atoms with E-state index in [1.165, 1.54) is 0 Å². The smallest absolute Gasteiger partial charge is 0.216 e. The van der Waals surface area contributed by atoms with Crippen LogP contribution in [0.5, 0.6) is 5.88 Å². The summed E-state index contributed by atoms with van der Waals surface area (Å²) in [7, 11) is 0. The van der Waals surface area contributed by atoms with Crippen LogP contribution < -0.4 is 4.74 Å². The zero-order valence-corrected chi connectivity index (χ0v) is 9.87. The Bertz CT molecular complexity index is 453. The summed E-state index contributed by atoms with van der Waals surface area (Å²) in [5.74, 6) is 0.432. The SMILES string of the molecule is Clc1cc(Cl)nc(OCc2ccccc2)c1. The maximum Gasteiger partial charge on any atom is 0.216 e. The normalized spacial score (nSPS) is 10.1. The molecule has 1 aromatic heterocycles. The number of pyridine rings is 1. The second kappa shape index (κ2) is 5.19. The fourth-order valence-corrected chi connectivity index (χ4v) is 1.70. The Kier molecular flexibility index (Phi) is 3.65. The predicted octanol–water partition coefficient (Wildman–Crippen LogP) is 3.97. The Morgan fingerprint density at radius 2 is 1.81 bits per heavy atom. The molecule has 0 atom stereocenters. The molecule has 0 radical (unpaired) electrons. The number of rotatable bonds is 3. The lowest BCUT2D eigenvalue weighted by molar-refractivity contribution is 0.294. The quantitative estimate of drug-likeness (QED) is 0.773. The average molecular weight is 254 g/mol. The van der Waals surface area contributed by atoms with Crippen LogP contribution in [-0.2, 0) is 6.61 Å². The molecule has 0 aliphatic heterocycles. The standard InChI is InChI=1S/C12H9Cl2NO/c13-10-6-11(14)15-12(7-10)16-8-9-4-2-1-3-5-9/h1-7H,8H2. The van der Waals surface area contributed by atoms with Crippen molar-refractivity contribution in [3.8, 4) is 5.88 Å². The maximum absolute atomic E-state index is 5.83. The molecule has 0 saturated carbocycles. The number of benzene rings is 1. The summed E-state index contributed by atoms with van der Waals surface area (Å²) in [4.78, 5) is 4.01. The minimum atomic E-state index is 0.329. The summed E-state index contributed by atoms with van der Waals surface area (Å²) >= 11 is 11.6. The van der Waals surface area contributed by atoms with Crippen molar-refractivity contribution in [2.24, 2.45) is 0 Å². The van der Waals surface area contributed by atoms with Gasteiger partial charge in [0.2, 0.25) is 5.88 Å². The minimum absolute atomic E-state index is 0.329. The largest absolute Gasteiger partial charge is 0.473 e. The van der Waals surface area contributed by atoms with Crippen molar-refractivity contribution < 1.29 is 4.74 Å². The molecular weight excluding hydrogens is 245 g/mol. The Morgan fingerprint density at radius 3 is 2.50 bits per heavy atom. The Balaban J connectivity index is 2.05. The number of ether oxygens (including phenoxy) is 1. The van der Waals surface area contributed by atoms with E-state index in [-0.39, 0.29) is 0 Å². The van der Waals surface area contributed by atoms with E-state index in [1.807, 2.05) is 30.3 Å². The third-order valence-corrected chi connectivity index (χ3v) is 2.38. The summed E-state index contributed by atoms with van der Waals surface area (Å²) < 4.78 is 5.47. The van der Waals surface area contributed by atoms with Gasteiger partial charge in [-0.05, 0) is 11.6 Å². The fraction of sp³-hybridized carbons (Fsp3) is 0.0833. The molecule has 2 rings (SSSR count). The summed E-state index contributed by atoms with van der Waals surface area (Å²) in [5, 5.41) is 0.846. The second-order valence-electron chi connectivity index (χ2n) is 3.22. The summed E-state index contributed by atoms with van der Waals surface area (Å²) in [6.07, 6.45) is 0. The summed E-state index contributed by atoms with van der Waals surface area (Å²) in [5.41, 5.74) is 1.07. The molecule has 0 fully saturated rings. The zero-order valence-electron chi connectivity index (χ0n) is 8.36. The molecule has 0 amide bonds. The number of aromatic nitrogens is 1. The van der Waals surface area contributed by atoms with Crippen molar-refractivity contribution in [3.05, 3.63) is 58.2 Å². The molecule has 0 bridgehead atoms. The molecule has 4 heteroatoms. The van der Waals surface area contributed by atoms with E-state index in [2.05, 4.69) is 4.98 Å². The van der Waals surface area contributed by atoms with Crippen LogP contribution in [0.4, 0.5) is 0 Å². The van der Waals surface area contributed by atoms with Gasteiger partial charge in [-0.1, -0.05) is 53.5 Å². The number of hydrogen-bond acceptors (Lipinski definition) is 2. The molecule has 16 heavy (non-hydrogen) atoms. The van der Waals surface area contributed by atoms with Crippen LogP contribution in [0.2, 0.25) is 10.2 Å². The van der Waals surface area contributed by atoms with Gasteiger partial charge in [0, 0.05) is 11.1 Å². The van der Waals surface area contributed by atoms with E-state index in [0.717, 1.165) is 5.56 Å². The summed E-state index contributed by atoms with van der Waals surface area (Å²) in [6.45, 7) is 0.449. The van der Waals surface area contributed by atoms with E-state index in [9.17, 15) is 0 Å². The van der Waals surface area contributed by atoms with Gasteiger partial charge in [-0.2, -0.15) is 0 Å². The Morgan fingerprint density at radius 1 is 1.06 bits per heavy atom. The van der Waals surface area contributed by atoms with Crippen molar-refractivity contribution in [3.63, 3.8) is 0 Å². The highest BCUT2D eigenvalue weighted by molar-refractivity contribution is 6.34. The van der Waals surface area contributed by atoms with Gasteiger partial charge >= 0.3 is 0 Å². The van der Waals surface area contributed by atoms with E-state index in [1.54, 1.807) is 12.1 Å². The third-order valence-electron chi connectivity index (χ3n) is 1.96. The van der Waals surface area contributed by atoms with E-state index < -0.39 is 0 Å². The van der Waals surface area contributed by atoms with Crippen molar-refractivity contribution >= 4 is 23.2 Å². The highest BCUT2D eigenvalue weighted by Crippen LogP contribution is 2.20. The first-order valence-electron chi connectivity index (χ1n) is 4.74. The third kappa shape index (κ3) is 3.12. The van der Waals surface area contributed by atoms with Crippen LogP contribution in [0.1, 0.15) is 5.56 Å². The first-order valence-corrected chi connectivity index (χ1v) is 5.49. The first-order chi connectivity index (χ1) is 7.74. The van der Waals surface area contributed by atoms with Crippen LogP contribution in [0.3, 0.4) is 0 Å². The second-order valence-corrected chi connectivity index (χ2v) is 4.04. The Labute approximate surface area is 104 Å². The lowest BCUT2D eigenvalue weighted by atomic mass is 10.2. The number of nitrogens with zero attached hydrogens (tertiary/aromatic N) is 1. The van der Waals surface area contributed by atoms with Crippen LogP contribution >= 0.6 is 23.2 Å². The van der Waals surface area contributed by atoms with Crippen molar-refractivity contribution in [1.29, 1.82) is 0 Å². The predicted molar refractivity (Wildman–Crippen MR) is 65.0 cm³/mol. The van der Waals surface area contributed by atoms with Crippen molar-refractivity contribution in [2.75, 3.05) is 0 Å². The van der Waals surface area contributed by atoms with Crippen LogP contribution in [0.15, 0.2) is 42.5 Å². The first kappa shape index (κ1) is 11.2. The molecule has 2 nitrogen and oxygen atoms in total. The van der Waals surface area contributed by atoms with Gasteiger partial charge in [0.1, 0.15) is 11.8 Å². The molecule has 2 aromatic rings. The van der Waals surface area contributed by atoms with E-state index in [0.29, 0.717) is 22.7 Å². The molecular formula is C12H9Cl2NO. The average Bonchev–Trinajstić information content (AvgIpc) is 2.27. The lowest BCUT2D eigenvalue weighted by Crippen LogP contribution is -1.96. The molecule has 0 N–H and O–H groups in total. The molecule has 1 aromatic carbocycles. The monoisotopic (exact) mass is 253 g/mol. The maximum atomic E-state index is 5.83. The number of hydrogen-bond donors (Lipinski definition) is 0. The van der Waals surface area contributed by atoms with Crippen LogP contribution in [0.25, 0.3) is 0 Å². The van der Waals surface area contributed by atoms with Crippen molar-refractivity contribution in [2.45, 2.75) is 6.61 Å². The van der Waals surface area contributed by atoms with Gasteiger partial charge in [0.15, 0.2) is 0 Å². The van der Waals surface area contributed by atoms with Gasteiger partial charge in [0.05, 0.1) is 0 Å².